The SMILES string of the molecule is COc1ccc(SCn2c(=O)oc3cc(Br)ccc32)cc1. The molecule has 0 amide bonds. The number of rotatable bonds is 4. The van der Waals surface area contributed by atoms with Crippen LogP contribution >= 0.6 is 27.7 Å². The molecule has 4 nitrogen and oxygen atoms in total. The standard InChI is InChI=1S/C15H12BrNO3S/c1-19-11-3-5-12(6-4-11)21-9-17-13-7-2-10(16)8-14(13)20-15(17)18/h2-8H,9H2,1H3. The first-order chi connectivity index (χ1) is 10.2. The average molecular weight is 366 g/mol. The van der Waals surface area contributed by atoms with Crippen molar-refractivity contribution in [3.63, 3.8) is 0 Å². The zero-order chi connectivity index (χ0) is 14.8. The molecule has 0 bridgehead atoms. The molecular weight excluding hydrogens is 354 g/mol. The number of nitrogens with zero attached hydrogens (tertiary/aromatic N) is 1. The molecular formula is C15H12BrNO3S. The van der Waals surface area contributed by atoms with E-state index in [4.69, 9.17) is 9.15 Å². The van der Waals surface area contributed by atoms with E-state index in [9.17, 15) is 4.79 Å². The lowest BCUT2D eigenvalue weighted by molar-refractivity contribution is 0.414. The van der Waals surface area contributed by atoms with Gasteiger partial charge in [-0.05, 0) is 42.5 Å². The summed E-state index contributed by atoms with van der Waals surface area (Å²) in [7, 11) is 1.64. The summed E-state index contributed by atoms with van der Waals surface area (Å²) >= 11 is 4.93. The first-order valence-electron chi connectivity index (χ1n) is 6.23. The molecule has 0 saturated heterocycles. The fourth-order valence-electron chi connectivity index (χ4n) is 1.97. The van der Waals surface area contributed by atoms with E-state index in [2.05, 4.69) is 15.9 Å². The quantitative estimate of drug-likeness (QED) is 0.652. The highest BCUT2D eigenvalue weighted by atomic mass is 79.9. The average Bonchev–Trinajstić information content (AvgIpc) is 2.80. The van der Waals surface area contributed by atoms with Gasteiger partial charge in [0.05, 0.1) is 18.5 Å². The van der Waals surface area contributed by atoms with Crippen LogP contribution in [0.4, 0.5) is 0 Å². The van der Waals surface area contributed by atoms with Crippen molar-refractivity contribution in [1.82, 2.24) is 4.57 Å². The smallest absolute Gasteiger partial charge is 0.420 e. The second-order valence-electron chi connectivity index (χ2n) is 4.36. The van der Waals surface area contributed by atoms with Crippen molar-refractivity contribution >= 4 is 38.8 Å². The molecule has 0 saturated carbocycles. The van der Waals surface area contributed by atoms with E-state index in [0.717, 1.165) is 20.6 Å². The summed E-state index contributed by atoms with van der Waals surface area (Å²) < 4.78 is 12.9. The monoisotopic (exact) mass is 365 g/mol. The van der Waals surface area contributed by atoms with E-state index in [1.54, 1.807) is 29.5 Å². The van der Waals surface area contributed by atoms with Crippen molar-refractivity contribution in [1.29, 1.82) is 0 Å². The van der Waals surface area contributed by atoms with Crippen molar-refractivity contribution in [2.45, 2.75) is 10.8 Å². The minimum Gasteiger partial charge on any atom is -0.497 e. The van der Waals surface area contributed by atoms with Gasteiger partial charge in [0.25, 0.3) is 0 Å². The molecule has 0 aliphatic heterocycles. The number of fused-ring (bicyclic) bond motifs is 1. The first kappa shape index (κ1) is 14.3. The van der Waals surface area contributed by atoms with Crippen molar-refractivity contribution in [3.05, 3.63) is 57.5 Å². The molecule has 6 heteroatoms. The van der Waals surface area contributed by atoms with Crippen LogP contribution < -0.4 is 10.5 Å². The Morgan fingerprint density at radius 1 is 1.24 bits per heavy atom. The van der Waals surface area contributed by atoms with Gasteiger partial charge in [-0.25, -0.2) is 4.79 Å². The number of benzene rings is 2. The molecule has 3 rings (SSSR count). The van der Waals surface area contributed by atoms with Crippen LogP contribution in [0.25, 0.3) is 11.1 Å². The Kier molecular flexibility index (Phi) is 4.07. The summed E-state index contributed by atoms with van der Waals surface area (Å²) in [5.41, 5.74) is 1.38. The Balaban J connectivity index is 1.84. The fourth-order valence-corrected chi connectivity index (χ4v) is 3.16. The number of aromatic nitrogens is 1. The normalized spacial score (nSPS) is 11.0. The zero-order valence-corrected chi connectivity index (χ0v) is 13.6. The predicted octanol–water partition coefficient (Wildman–Crippen LogP) is 4.12. The van der Waals surface area contributed by atoms with E-state index in [1.165, 1.54) is 0 Å². The Hall–Kier alpha value is -1.66. The molecule has 0 radical (unpaired) electrons. The van der Waals surface area contributed by atoms with Gasteiger partial charge in [-0.3, -0.25) is 4.57 Å². The third kappa shape index (κ3) is 3.01. The molecule has 21 heavy (non-hydrogen) atoms. The Bertz CT molecular complexity index is 823. The maximum atomic E-state index is 11.9. The van der Waals surface area contributed by atoms with Crippen LogP contribution in [0.15, 0.2) is 61.0 Å². The molecule has 0 atom stereocenters. The van der Waals surface area contributed by atoms with E-state index < -0.39 is 0 Å². The lowest BCUT2D eigenvalue weighted by Gasteiger charge is -2.04. The third-order valence-electron chi connectivity index (χ3n) is 3.05. The summed E-state index contributed by atoms with van der Waals surface area (Å²) in [4.78, 5) is 13.0. The molecule has 0 N–H and O–H groups in total. The summed E-state index contributed by atoms with van der Waals surface area (Å²) in [6.07, 6.45) is 0. The summed E-state index contributed by atoms with van der Waals surface area (Å²) in [6, 6.07) is 13.3. The number of oxazole rings is 1. The largest absolute Gasteiger partial charge is 0.497 e. The molecule has 0 fully saturated rings. The lowest BCUT2D eigenvalue weighted by atomic mass is 10.3. The molecule has 0 aliphatic rings. The lowest BCUT2D eigenvalue weighted by Crippen LogP contribution is -2.12. The Labute approximate surface area is 133 Å². The van der Waals surface area contributed by atoms with Crippen molar-refractivity contribution in [2.24, 2.45) is 0 Å². The summed E-state index contributed by atoms with van der Waals surface area (Å²) in [5, 5.41) is 0. The molecule has 3 aromatic rings. The highest BCUT2D eigenvalue weighted by Gasteiger charge is 2.09. The minimum atomic E-state index is -0.343. The number of halogens is 1. The minimum absolute atomic E-state index is 0.343. The van der Waals surface area contributed by atoms with E-state index in [-0.39, 0.29) is 5.76 Å². The van der Waals surface area contributed by atoms with Gasteiger partial charge < -0.3 is 9.15 Å². The molecule has 0 aliphatic carbocycles. The summed E-state index contributed by atoms with van der Waals surface area (Å²) in [6.45, 7) is 0. The molecule has 1 heterocycles. The van der Waals surface area contributed by atoms with Crippen LogP contribution in [-0.4, -0.2) is 11.7 Å². The van der Waals surface area contributed by atoms with Gasteiger partial charge in [0, 0.05) is 9.37 Å². The van der Waals surface area contributed by atoms with Crippen LogP contribution in [0, 0.1) is 0 Å². The highest BCUT2D eigenvalue weighted by molar-refractivity contribution is 9.10. The molecule has 0 spiro atoms. The maximum absolute atomic E-state index is 11.9. The van der Waals surface area contributed by atoms with Crippen LogP contribution in [0.2, 0.25) is 0 Å². The molecule has 0 unspecified atom stereocenters. The number of methoxy groups -OCH3 is 1. The number of hydrogen-bond acceptors (Lipinski definition) is 4. The van der Waals surface area contributed by atoms with Crippen molar-refractivity contribution in [2.75, 3.05) is 7.11 Å². The predicted molar refractivity (Wildman–Crippen MR) is 87.0 cm³/mol. The van der Waals surface area contributed by atoms with Gasteiger partial charge in [0.2, 0.25) is 0 Å². The van der Waals surface area contributed by atoms with E-state index in [1.807, 2.05) is 36.4 Å². The number of ether oxygens (including phenoxy) is 1. The third-order valence-corrected chi connectivity index (χ3v) is 4.54. The molecule has 108 valence electrons. The van der Waals surface area contributed by atoms with Crippen LogP contribution in [0.3, 0.4) is 0 Å². The van der Waals surface area contributed by atoms with Gasteiger partial charge in [-0.2, -0.15) is 0 Å². The Morgan fingerprint density at radius 2 is 2.00 bits per heavy atom. The van der Waals surface area contributed by atoms with Crippen LogP contribution in [0.5, 0.6) is 5.75 Å². The number of hydrogen-bond donors (Lipinski definition) is 0. The van der Waals surface area contributed by atoms with Gasteiger partial charge in [0.15, 0.2) is 5.58 Å². The number of thioether (sulfide) groups is 1. The molecule has 1 aromatic heterocycles. The van der Waals surface area contributed by atoms with Crippen molar-refractivity contribution < 1.29 is 9.15 Å². The topological polar surface area (TPSA) is 44.4 Å². The molecule has 2 aromatic carbocycles. The van der Waals surface area contributed by atoms with Gasteiger partial charge in [-0.1, -0.05) is 15.9 Å². The second-order valence-corrected chi connectivity index (χ2v) is 6.29. The summed E-state index contributed by atoms with van der Waals surface area (Å²) in [5.74, 6) is 0.971. The highest BCUT2D eigenvalue weighted by Crippen LogP contribution is 2.25. The van der Waals surface area contributed by atoms with Gasteiger partial charge >= 0.3 is 5.76 Å². The van der Waals surface area contributed by atoms with Crippen LogP contribution in [0.1, 0.15) is 0 Å². The van der Waals surface area contributed by atoms with E-state index >= 15 is 0 Å². The fraction of sp³-hybridized carbons (Fsp3) is 0.133. The van der Waals surface area contributed by atoms with Gasteiger partial charge in [0.1, 0.15) is 5.75 Å². The zero-order valence-electron chi connectivity index (χ0n) is 11.2. The Morgan fingerprint density at radius 3 is 2.71 bits per heavy atom. The van der Waals surface area contributed by atoms with Gasteiger partial charge in [-0.15, -0.1) is 11.8 Å². The van der Waals surface area contributed by atoms with E-state index in [0.29, 0.717) is 11.5 Å². The maximum Gasteiger partial charge on any atom is 0.420 e. The van der Waals surface area contributed by atoms with Crippen molar-refractivity contribution in [3.8, 4) is 5.75 Å². The van der Waals surface area contributed by atoms with Crippen LogP contribution in [-0.2, 0) is 5.88 Å². The second kappa shape index (κ2) is 5.99. The first-order valence-corrected chi connectivity index (χ1v) is 8.01.